The van der Waals surface area contributed by atoms with Gasteiger partial charge in [-0.3, -0.25) is 4.68 Å². The van der Waals surface area contributed by atoms with Crippen LogP contribution in [0.1, 0.15) is 31.5 Å². The van der Waals surface area contributed by atoms with Crippen LogP contribution in [0.2, 0.25) is 0 Å². The van der Waals surface area contributed by atoms with Crippen molar-refractivity contribution in [1.29, 1.82) is 0 Å². The van der Waals surface area contributed by atoms with E-state index in [9.17, 15) is 0 Å². The lowest BCUT2D eigenvalue weighted by atomic mass is 10.2. The molecule has 0 amide bonds. The number of aryl methyl sites for hydroxylation is 1. The Morgan fingerprint density at radius 1 is 1.75 bits per heavy atom. The van der Waals surface area contributed by atoms with Gasteiger partial charge in [0.15, 0.2) is 0 Å². The lowest BCUT2D eigenvalue weighted by molar-refractivity contribution is 0.585. The molecule has 0 radical (unpaired) electrons. The van der Waals surface area contributed by atoms with Crippen molar-refractivity contribution in [3.05, 3.63) is 18.0 Å². The number of aromatic nitrogens is 2. The van der Waals surface area contributed by atoms with Crippen molar-refractivity contribution in [2.75, 3.05) is 6.54 Å². The molecule has 0 bridgehead atoms. The third-order valence-electron chi connectivity index (χ3n) is 2.40. The minimum atomic E-state index is 0.512. The van der Waals surface area contributed by atoms with Crippen LogP contribution in [0.5, 0.6) is 0 Å². The first kappa shape index (κ1) is 7.80. The highest BCUT2D eigenvalue weighted by Gasteiger charge is 2.17. The van der Waals surface area contributed by atoms with Crippen molar-refractivity contribution in [2.45, 2.75) is 32.4 Å². The highest BCUT2D eigenvalue weighted by molar-refractivity contribution is 5.06. The summed E-state index contributed by atoms with van der Waals surface area (Å²) >= 11 is 0. The minimum absolute atomic E-state index is 0.512. The Hall–Kier alpha value is -0.830. The molecule has 1 aromatic heterocycles. The van der Waals surface area contributed by atoms with Crippen LogP contribution in [0.3, 0.4) is 0 Å². The molecule has 2 rings (SSSR count). The molecule has 1 atom stereocenters. The fraction of sp³-hybridized carbons (Fsp3) is 0.667. The van der Waals surface area contributed by atoms with Gasteiger partial charge in [0.25, 0.3) is 0 Å². The molecule has 1 unspecified atom stereocenters. The maximum atomic E-state index is 4.46. The summed E-state index contributed by atoms with van der Waals surface area (Å²) < 4.78 is 1.98. The van der Waals surface area contributed by atoms with Gasteiger partial charge in [0.05, 0.1) is 11.7 Å². The summed E-state index contributed by atoms with van der Waals surface area (Å²) in [6, 6.07) is 2.63. The van der Waals surface area contributed by atoms with Crippen LogP contribution in [0, 0.1) is 0 Å². The molecule has 1 aliphatic rings. The summed E-state index contributed by atoms with van der Waals surface area (Å²) in [5, 5.41) is 7.90. The molecule has 0 aliphatic carbocycles. The average Bonchev–Trinajstić information content (AvgIpc) is 2.75. The Kier molecular flexibility index (Phi) is 2.13. The van der Waals surface area contributed by atoms with Gasteiger partial charge in [-0.05, 0) is 32.4 Å². The van der Waals surface area contributed by atoms with Gasteiger partial charge >= 0.3 is 0 Å². The number of hydrogen-bond donors (Lipinski definition) is 1. The van der Waals surface area contributed by atoms with Crippen LogP contribution < -0.4 is 5.32 Å². The monoisotopic (exact) mass is 165 g/mol. The summed E-state index contributed by atoms with van der Waals surface area (Å²) in [7, 11) is 0. The van der Waals surface area contributed by atoms with E-state index in [-0.39, 0.29) is 0 Å². The van der Waals surface area contributed by atoms with Crippen LogP contribution in [0.4, 0.5) is 0 Å². The lowest BCUT2D eigenvalue weighted by Gasteiger charge is -2.04. The maximum Gasteiger partial charge on any atom is 0.0793 e. The summed E-state index contributed by atoms with van der Waals surface area (Å²) in [5.74, 6) is 0. The second-order valence-corrected chi connectivity index (χ2v) is 3.25. The van der Waals surface area contributed by atoms with Crippen molar-refractivity contribution in [1.82, 2.24) is 15.1 Å². The zero-order valence-electron chi connectivity index (χ0n) is 7.45. The Morgan fingerprint density at radius 3 is 3.25 bits per heavy atom. The highest BCUT2D eigenvalue weighted by Crippen LogP contribution is 2.20. The van der Waals surface area contributed by atoms with Crippen molar-refractivity contribution in [3.63, 3.8) is 0 Å². The second-order valence-electron chi connectivity index (χ2n) is 3.25. The average molecular weight is 165 g/mol. The van der Waals surface area contributed by atoms with Crippen molar-refractivity contribution in [2.24, 2.45) is 0 Å². The largest absolute Gasteiger partial charge is 0.309 e. The number of hydrogen-bond acceptors (Lipinski definition) is 2. The first-order valence-corrected chi connectivity index (χ1v) is 4.67. The summed E-state index contributed by atoms with van der Waals surface area (Å²) in [6.07, 6.45) is 4.57. The van der Waals surface area contributed by atoms with Crippen LogP contribution >= 0.6 is 0 Å². The van der Waals surface area contributed by atoms with Crippen LogP contribution in [-0.4, -0.2) is 16.3 Å². The van der Waals surface area contributed by atoms with E-state index < -0.39 is 0 Å². The van der Waals surface area contributed by atoms with Crippen LogP contribution in [0.25, 0.3) is 0 Å². The van der Waals surface area contributed by atoms with Gasteiger partial charge in [0.1, 0.15) is 0 Å². The molecule has 1 fully saturated rings. The molecule has 0 spiro atoms. The van der Waals surface area contributed by atoms with E-state index in [4.69, 9.17) is 0 Å². The zero-order valence-corrected chi connectivity index (χ0v) is 7.45. The molecule has 0 aromatic carbocycles. The molecule has 1 aromatic rings. The second kappa shape index (κ2) is 3.27. The molecule has 66 valence electrons. The van der Waals surface area contributed by atoms with E-state index >= 15 is 0 Å². The quantitative estimate of drug-likeness (QED) is 0.716. The fourth-order valence-electron chi connectivity index (χ4n) is 1.68. The maximum absolute atomic E-state index is 4.46. The third-order valence-corrected chi connectivity index (χ3v) is 2.40. The van der Waals surface area contributed by atoms with Gasteiger partial charge in [-0.1, -0.05) is 0 Å². The summed E-state index contributed by atoms with van der Waals surface area (Å²) in [4.78, 5) is 0. The predicted molar refractivity (Wildman–Crippen MR) is 47.9 cm³/mol. The van der Waals surface area contributed by atoms with Gasteiger partial charge in [0, 0.05) is 12.7 Å². The normalized spacial score (nSPS) is 23.2. The molecule has 0 saturated carbocycles. The Bertz CT molecular complexity index is 248. The number of nitrogens with zero attached hydrogens (tertiary/aromatic N) is 2. The summed E-state index contributed by atoms with van der Waals surface area (Å²) in [6.45, 7) is 4.22. The molecule has 1 saturated heterocycles. The van der Waals surface area contributed by atoms with Gasteiger partial charge in [-0.2, -0.15) is 5.10 Å². The molecule has 1 aliphatic heterocycles. The first-order valence-electron chi connectivity index (χ1n) is 4.67. The molecule has 1 N–H and O–H groups in total. The van der Waals surface area contributed by atoms with Crippen molar-refractivity contribution in [3.8, 4) is 0 Å². The third kappa shape index (κ3) is 1.37. The van der Waals surface area contributed by atoms with E-state index in [0.29, 0.717) is 6.04 Å². The van der Waals surface area contributed by atoms with Gasteiger partial charge < -0.3 is 5.32 Å². The molecule has 2 heterocycles. The Balaban J connectivity index is 2.11. The summed E-state index contributed by atoms with van der Waals surface area (Å²) in [5.41, 5.74) is 1.20. The molecular weight excluding hydrogens is 150 g/mol. The lowest BCUT2D eigenvalue weighted by Crippen LogP contribution is -2.13. The van der Waals surface area contributed by atoms with E-state index in [0.717, 1.165) is 13.1 Å². The number of rotatable bonds is 2. The Labute approximate surface area is 72.8 Å². The minimum Gasteiger partial charge on any atom is -0.309 e. The van der Waals surface area contributed by atoms with E-state index in [1.54, 1.807) is 0 Å². The van der Waals surface area contributed by atoms with Crippen molar-refractivity contribution < 1.29 is 0 Å². The zero-order chi connectivity index (χ0) is 8.39. The molecule has 12 heavy (non-hydrogen) atoms. The van der Waals surface area contributed by atoms with Gasteiger partial charge in [0.2, 0.25) is 0 Å². The topological polar surface area (TPSA) is 29.9 Å². The van der Waals surface area contributed by atoms with Gasteiger partial charge in [-0.25, -0.2) is 0 Å². The van der Waals surface area contributed by atoms with E-state index in [2.05, 4.69) is 29.6 Å². The molecule has 3 nitrogen and oxygen atoms in total. The van der Waals surface area contributed by atoms with E-state index in [1.165, 1.54) is 18.5 Å². The van der Waals surface area contributed by atoms with Crippen molar-refractivity contribution >= 4 is 0 Å². The molecular formula is C9H15N3. The smallest absolute Gasteiger partial charge is 0.0793 e. The van der Waals surface area contributed by atoms with Gasteiger partial charge in [-0.15, -0.1) is 0 Å². The predicted octanol–water partition coefficient (Wildman–Crippen LogP) is 1.33. The first-order chi connectivity index (χ1) is 5.90. The fourth-order valence-corrected chi connectivity index (χ4v) is 1.68. The SMILES string of the molecule is CCn1ccc(C2CCCN2)n1. The van der Waals surface area contributed by atoms with E-state index in [1.807, 2.05) is 4.68 Å². The number of nitrogens with one attached hydrogen (secondary N) is 1. The van der Waals surface area contributed by atoms with Crippen LogP contribution in [-0.2, 0) is 6.54 Å². The van der Waals surface area contributed by atoms with Crippen LogP contribution in [0.15, 0.2) is 12.3 Å². The standard InChI is InChI=1S/C9H15N3/c1-2-12-7-5-9(11-12)8-4-3-6-10-8/h5,7-8,10H,2-4,6H2,1H3. The molecule has 3 heteroatoms. The Morgan fingerprint density at radius 2 is 2.67 bits per heavy atom. The highest BCUT2D eigenvalue weighted by atomic mass is 15.3.